The molecule has 0 fully saturated rings. The van der Waals surface area contributed by atoms with Crippen LogP contribution < -0.4 is 10.2 Å². The quantitative estimate of drug-likeness (QED) is 0.292. The number of hydrogen-bond acceptors (Lipinski definition) is 5. The van der Waals surface area contributed by atoms with Crippen LogP contribution in [0.1, 0.15) is 67.2 Å². The topological polar surface area (TPSA) is 75.7 Å². The van der Waals surface area contributed by atoms with E-state index in [0.717, 1.165) is 38.0 Å². The Bertz CT molecular complexity index is 856. The number of nitrogens with one attached hydrogen (secondary N) is 1. The smallest absolute Gasteiger partial charge is 0.338 e. The van der Waals surface area contributed by atoms with Gasteiger partial charge in [0.05, 0.1) is 5.56 Å². The first-order chi connectivity index (χ1) is 15.0. The number of ketones is 1. The highest BCUT2D eigenvalue weighted by Crippen LogP contribution is 2.16. The van der Waals surface area contributed by atoms with Crippen molar-refractivity contribution < 1.29 is 19.1 Å². The van der Waals surface area contributed by atoms with Crippen LogP contribution in [-0.2, 0) is 9.53 Å². The summed E-state index contributed by atoms with van der Waals surface area (Å²) in [6.07, 6.45) is 3.44. The number of rotatable bonds is 12. The third-order valence-corrected chi connectivity index (χ3v) is 5.06. The van der Waals surface area contributed by atoms with Gasteiger partial charge in [0.2, 0.25) is 5.91 Å². The van der Waals surface area contributed by atoms with Gasteiger partial charge >= 0.3 is 5.97 Å². The van der Waals surface area contributed by atoms with Gasteiger partial charge in [0.15, 0.2) is 12.4 Å². The second-order valence-corrected chi connectivity index (χ2v) is 7.30. The molecular weight excluding hydrogens is 392 g/mol. The average molecular weight is 425 g/mol. The third-order valence-electron chi connectivity index (χ3n) is 5.06. The summed E-state index contributed by atoms with van der Waals surface area (Å²) in [7, 11) is 0. The lowest BCUT2D eigenvalue weighted by Crippen LogP contribution is -2.21. The number of carbonyl (C=O) groups is 3. The Labute approximate surface area is 184 Å². The van der Waals surface area contributed by atoms with Gasteiger partial charge in [-0.1, -0.05) is 19.8 Å². The van der Waals surface area contributed by atoms with Crippen molar-refractivity contribution in [1.29, 1.82) is 0 Å². The lowest BCUT2D eigenvalue weighted by Gasteiger charge is -2.20. The Morgan fingerprint density at radius 2 is 1.45 bits per heavy atom. The van der Waals surface area contributed by atoms with E-state index >= 15 is 0 Å². The first-order valence-electron chi connectivity index (χ1n) is 10.9. The van der Waals surface area contributed by atoms with E-state index in [1.54, 1.807) is 36.4 Å². The number of esters is 1. The lowest BCUT2D eigenvalue weighted by atomic mass is 10.1. The predicted octanol–water partition coefficient (Wildman–Crippen LogP) is 5.09. The summed E-state index contributed by atoms with van der Waals surface area (Å²) in [4.78, 5) is 38.6. The maximum atomic E-state index is 12.3. The SMILES string of the molecule is CCCCCC(=O)Nc1ccc(C(=O)COC(=O)c2ccc(N(CC)CC)cc2)cc1. The largest absolute Gasteiger partial charge is 0.454 e. The zero-order valence-corrected chi connectivity index (χ0v) is 18.6. The molecule has 1 N–H and O–H groups in total. The van der Waals surface area contributed by atoms with Crippen molar-refractivity contribution in [2.75, 3.05) is 29.9 Å². The molecule has 0 aromatic heterocycles. The first-order valence-corrected chi connectivity index (χ1v) is 10.9. The van der Waals surface area contributed by atoms with E-state index in [4.69, 9.17) is 4.74 Å². The van der Waals surface area contributed by atoms with Crippen LogP contribution in [0.25, 0.3) is 0 Å². The van der Waals surface area contributed by atoms with E-state index in [2.05, 4.69) is 31.0 Å². The van der Waals surface area contributed by atoms with E-state index in [0.29, 0.717) is 23.2 Å². The first kappa shape index (κ1) is 24.1. The Morgan fingerprint density at radius 1 is 0.839 bits per heavy atom. The number of hydrogen-bond donors (Lipinski definition) is 1. The van der Waals surface area contributed by atoms with Crippen LogP contribution in [0.15, 0.2) is 48.5 Å². The van der Waals surface area contributed by atoms with Gasteiger partial charge < -0.3 is 15.0 Å². The molecular formula is C25H32N2O4. The number of Topliss-reactive ketones (excluding diaryl/α,β-unsaturated/α-hetero) is 1. The molecule has 6 nitrogen and oxygen atoms in total. The van der Waals surface area contributed by atoms with E-state index in [1.807, 2.05) is 12.1 Å². The van der Waals surface area contributed by atoms with Crippen LogP contribution in [0.4, 0.5) is 11.4 Å². The summed E-state index contributed by atoms with van der Waals surface area (Å²) < 4.78 is 5.18. The van der Waals surface area contributed by atoms with E-state index in [1.165, 1.54) is 0 Å². The molecule has 0 atom stereocenters. The lowest BCUT2D eigenvalue weighted by molar-refractivity contribution is -0.116. The summed E-state index contributed by atoms with van der Waals surface area (Å²) in [5, 5.41) is 2.82. The highest BCUT2D eigenvalue weighted by Gasteiger charge is 2.13. The van der Waals surface area contributed by atoms with Gasteiger partial charge in [-0.3, -0.25) is 9.59 Å². The van der Waals surface area contributed by atoms with Gasteiger partial charge in [-0.2, -0.15) is 0 Å². The van der Waals surface area contributed by atoms with Crippen molar-refractivity contribution >= 4 is 29.0 Å². The van der Waals surface area contributed by atoms with Crippen molar-refractivity contribution in [3.05, 3.63) is 59.7 Å². The fourth-order valence-corrected chi connectivity index (χ4v) is 3.19. The molecule has 0 aliphatic rings. The summed E-state index contributed by atoms with van der Waals surface area (Å²) in [5.41, 5.74) is 2.51. The van der Waals surface area contributed by atoms with Gasteiger partial charge in [-0.15, -0.1) is 0 Å². The van der Waals surface area contributed by atoms with Crippen molar-refractivity contribution in [2.45, 2.75) is 46.5 Å². The maximum Gasteiger partial charge on any atom is 0.338 e. The Kier molecular flexibility index (Phi) is 9.75. The number of anilines is 2. The van der Waals surface area contributed by atoms with Crippen LogP contribution >= 0.6 is 0 Å². The zero-order valence-electron chi connectivity index (χ0n) is 18.6. The van der Waals surface area contributed by atoms with Crippen LogP contribution in [0.2, 0.25) is 0 Å². The molecule has 0 saturated heterocycles. The average Bonchev–Trinajstić information content (AvgIpc) is 2.79. The molecule has 0 saturated carbocycles. The number of nitrogens with zero attached hydrogens (tertiary/aromatic N) is 1. The molecule has 0 aliphatic carbocycles. The van der Waals surface area contributed by atoms with Gasteiger partial charge in [-0.25, -0.2) is 4.79 Å². The fourth-order valence-electron chi connectivity index (χ4n) is 3.19. The summed E-state index contributed by atoms with van der Waals surface area (Å²) in [5.74, 6) is -0.863. The van der Waals surface area contributed by atoms with E-state index < -0.39 is 5.97 Å². The second-order valence-electron chi connectivity index (χ2n) is 7.30. The van der Waals surface area contributed by atoms with Gasteiger partial charge in [0, 0.05) is 36.4 Å². The zero-order chi connectivity index (χ0) is 22.6. The van der Waals surface area contributed by atoms with Gasteiger partial charge in [-0.05, 0) is 68.8 Å². The minimum absolute atomic E-state index is 0.0338. The fraction of sp³-hybridized carbons (Fsp3) is 0.400. The van der Waals surface area contributed by atoms with Crippen molar-refractivity contribution in [3.8, 4) is 0 Å². The molecule has 2 aromatic carbocycles. The maximum absolute atomic E-state index is 12.3. The molecule has 166 valence electrons. The second kappa shape index (κ2) is 12.5. The van der Waals surface area contributed by atoms with Gasteiger partial charge in [0.1, 0.15) is 0 Å². The number of ether oxygens (including phenoxy) is 1. The summed E-state index contributed by atoms with van der Waals surface area (Å²) >= 11 is 0. The molecule has 0 radical (unpaired) electrons. The number of carbonyl (C=O) groups excluding carboxylic acids is 3. The van der Waals surface area contributed by atoms with Crippen LogP contribution in [0, 0.1) is 0 Å². The van der Waals surface area contributed by atoms with Crippen molar-refractivity contribution in [1.82, 2.24) is 0 Å². The molecule has 6 heteroatoms. The minimum atomic E-state index is -0.532. The monoisotopic (exact) mass is 424 g/mol. The summed E-state index contributed by atoms with van der Waals surface area (Å²) in [6, 6.07) is 13.8. The molecule has 0 unspecified atom stereocenters. The van der Waals surface area contributed by atoms with Gasteiger partial charge in [0.25, 0.3) is 0 Å². The van der Waals surface area contributed by atoms with E-state index in [9.17, 15) is 14.4 Å². The Balaban J connectivity index is 1.85. The molecule has 0 bridgehead atoms. The molecule has 2 rings (SSSR count). The number of unbranched alkanes of at least 4 members (excludes halogenated alkanes) is 2. The third kappa shape index (κ3) is 7.55. The molecule has 0 heterocycles. The number of benzene rings is 2. The Hall–Kier alpha value is -3.15. The Morgan fingerprint density at radius 3 is 2.03 bits per heavy atom. The van der Waals surface area contributed by atoms with Crippen molar-refractivity contribution in [3.63, 3.8) is 0 Å². The molecule has 0 aliphatic heterocycles. The minimum Gasteiger partial charge on any atom is -0.454 e. The van der Waals surface area contributed by atoms with Crippen LogP contribution in [-0.4, -0.2) is 37.4 Å². The van der Waals surface area contributed by atoms with Crippen molar-refractivity contribution in [2.24, 2.45) is 0 Å². The van der Waals surface area contributed by atoms with Crippen LogP contribution in [0.5, 0.6) is 0 Å². The molecule has 0 spiro atoms. The standard InChI is InChI=1S/C25H32N2O4/c1-4-7-8-9-24(29)26-21-14-10-19(11-15-21)23(28)18-31-25(30)20-12-16-22(17-13-20)27(5-2)6-3/h10-17H,4-9,18H2,1-3H3,(H,26,29). The highest BCUT2D eigenvalue weighted by molar-refractivity contribution is 6.00. The molecule has 1 amide bonds. The highest BCUT2D eigenvalue weighted by atomic mass is 16.5. The van der Waals surface area contributed by atoms with E-state index in [-0.39, 0.29) is 18.3 Å². The normalized spacial score (nSPS) is 10.4. The predicted molar refractivity (Wildman–Crippen MR) is 124 cm³/mol. The summed E-state index contributed by atoms with van der Waals surface area (Å²) in [6.45, 7) is 7.68. The molecule has 2 aromatic rings. The number of amides is 1. The van der Waals surface area contributed by atoms with Crippen LogP contribution in [0.3, 0.4) is 0 Å². The molecule has 31 heavy (non-hydrogen) atoms.